The molecule has 0 bridgehead atoms. The van der Waals surface area contributed by atoms with Crippen molar-refractivity contribution in [1.82, 2.24) is 0 Å². The molecule has 0 heterocycles. The Balaban J connectivity index is 3.90. The highest BCUT2D eigenvalue weighted by molar-refractivity contribution is 7.46. The zero-order chi connectivity index (χ0) is 35.9. The van der Waals surface area contributed by atoms with Crippen LogP contribution in [0.3, 0.4) is 0 Å². The van der Waals surface area contributed by atoms with E-state index in [1.807, 2.05) is 0 Å². The van der Waals surface area contributed by atoms with Crippen molar-refractivity contribution in [2.24, 2.45) is 0 Å². The molecule has 7 nitrogen and oxygen atoms in total. The first-order chi connectivity index (χ1) is 23.9. The molecule has 0 saturated heterocycles. The normalized spacial score (nSPS) is 13.1. The van der Waals surface area contributed by atoms with Crippen LogP contribution < -0.4 is 0 Å². The van der Waals surface area contributed by atoms with Crippen LogP contribution in [0.4, 0.5) is 0 Å². The van der Waals surface area contributed by atoms with Gasteiger partial charge >= 0.3 is 13.8 Å². The van der Waals surface area contributed by atoms with Crippen LogP contribution in [0.25, 0.3) is 0 Å². The largest absolute Gasteiger partial charge is 0.469 e. The van der Waals surface area contributed by atoms with Gasteiger partial charge in [0.1, 0.15) is 6.10 Å². The van der Waals surface area contributed by atoms with Crippen LogP contribution in [0.1, 0.15) is 181 Å². The van der Waals surface area contributed by atoms with Crippen molar-refractivity contribution in [3.63, 3.8) is 0 Å². The van der Waals surface area contributed by atoms with Gasteiger partial charge in [0.2, 0.25) is 0 Å². The van der Waals surface area contributed by atoms with Crippen molar-refractivity contribution in [2.75, 3.05) is 19.8 Å². The third kappa shape index (κ3) is 40.8. The lowest BCUT2D eigenvalue weighted by Gasteiger charge is -2.18. The van der Waals surface area contributed by atoms with Crippen molar-refractivity contribution < 1.29 is 33.1 Å². The molecule has 0 fully saturated rings. The Kier molecular flexibility index (Phi) is 36.6. The molecular formula is C41H75O7P. The molecule has 0 spiro atoms. The van der Waals surface area contributed by atoms with E-state index in [1.54, 1.807) is 0 Å². The number of hydrogen-bond donors (Lipinski definition) is 2. The standard InChI is InChI=1S/C41H75O7P/c1-3-5-7-9-11-13-15-17-19-20-21-22-23-24-26-28-30-32-34-36-41(42)48-40(39-47-49(43,44)45)38-46-37-35-33-31-29-27-25-18-16-14-12-10-8-6-4-2/h11,13,17,19,21-22,24,26,40H,3-10,12,14-16,18,20,23,25,27-39H2,1-2H3,(H2,43,44,45)/b13-11-,19-17-,22-21-,26-24-/t40-/m1/s1. The van der Waals surface area contributed by atoms with Gasteiger partial charge in [-0.1, -0.05) is 165 Å². The Bertz CT molecular complexity index is 877. The van der Waals surface area contributed by atoms with Crippen molar-refractivity contribution >= 4 is 13.8 Å². The molecule has 286 valence electrons. The maximum absolute atomic E-state index is 12.4. The Morgan fingerprint density at radius 1 is 0.551 bits per heavy atom. The molecule has 0 aromatic heterocycles. The van der Waals surface area contributed by atoms with Crippen molar-refractivity contribution in [3.05, 3.63) is 48.6 Å². The average Bonchev–Trinajstić information content (AvgIpc) is 3.07. The van der Waals surface area contributed by atoms with E-state index in [0.29, 0.717) is 13.0 Å². The van der Waals surface area contributed by atoms with Gasteiger partial charge in [-0.05, 0) is 57.8 Å². The van der Waals surface area contributed by atoms with E-state index < -0.39 is 19.9 Å². The van der Waals surface area contributed by atoms with E-state index in [-0.39, 0.29) is 19.6 Å². The predicted molar refractivity (Wildman–Crippen MR) is 207 cm³/mol. The lowest BCUT2D eigenvalue weighted by Crippen LogP contribution is -2.28. The van der Waals surface area contributed by atoms with E-state index in [0.717, 1.165) is 51.4 Å². The highest BCUT2D eigenvalue weighted by Gasteiger charge is 2.21. The molecule has 8 heteroatoms. The number of ether oxygens (including phenoxy) is 2. The van der Waals surface area contributed by atoms with Crippen LogP contribution in [0, 0.1) is 0 Å². The smallest absolute Gasteiger partial charge is 0.457 e. The summed E-state index contributed by atoms with van der Waals surface area (Å²) in [6.07, 6.45) is 46.7. The molecular weight excluding hydrogens is 635 g/mol. The molecule has 0 aliphatic carbocycles. The number of phosphoric acid groups is 1. The summed E-state index contributed by atoms with van der Waals surface area (Å²) in [5.41, 5.74) is 0. The topological polar surface area (TPSA) is 102 Å². The van der Waals surface area contributed by atoms with Gasteiger partial charge in [0.05, 0.1) is 13.2 Å². The molecule has 0 saturated carbocycles. The second kappa shape index (κ2) is 37.7. The van der Waals surface area contributed by atoms with Gasteiger partial charge in [-0.25, -0.2) is 4.57 Å². The summed E-state index contributed by atoms with van der Waals surface area (Å²) in [4.78, 5) is 30.5. The van der Waals surface area contributed by atoms with E-state index in [2.05, 4.69) is 67.0 Å². The predicted octanol–water partition coefficient (Wildman–Crippen LogP) is 12.4. The third-order valence-electron chi connectivity index (χ3n) is 8.38. The Morgan fingerprint density at radius 3 is 1.45 bits per heavy atom. The van der Waals surface area contributed by atoms with E-state index >= 15 is 0 Å². The fourth-order valence-electron chi connectivity index (χ4n) is 5.42. The molecule has 0 amide bonds. The fraction of sp³-hybridized carbons (Fsp3) is 0.780. The van der Waals surface area contributed by atoms with Gasteiger partial charge in [-0.15, -0.1) is 0 Å². The molecule has 1 atom stereocenters. The summed E-state index contributed by atoms with van der Waals surface area (Å²) in [5, 5.41) is 0. The van der Waals surface area contributed by atoms with Crippen molar-refractivity contribution in [2.45, 2.75) is 187 Å². The SMILES string of the molecule is CCCCC/C=C\C/C=C\C/C=C\C/C=C\CCCCCC(=O)O[C@H](COCCCCCCCCCCCCCCCC)COP(=O)(O)O. The van der Waals surface area contributed by atoms with Gasteiger partial charge in [0.25, 0.3) is 0 Å². The maximum Gasteiger partial charge on any atom is 0.469 e. The van der Waals surface area contributed by atoms with Crippen LogP contribution in [-0.2, 0) is 23.4 Å². The summed E-state index contributed by atoms with van der Waals surface area (Å²) in [5.74, 6) is -0.392. The second-order valence-corrected chi connectivity index (χ2v) is 14.5. The number of allylic oxidation sites excluding steroid dienone is 8. The monoisotopic (exact) mass is 711 g/mol. The van der Waals surface area contributed by atoms with Crippen molar-refractivity contribution in [1.29, 1.82) is 0 Å². The number of rotatable bonds is 37. The van der Waals surface area contributed by atoms with Crippen LogP contribution >= 0.6 is 7.82 Å². The summed E-state index contributed by atoms with van der Waals surface area (Å²) in [7, 11) is -4.66. The average molecular weight is 711 g/mol. The first-order valence-corrected chi connectivity index (χ1v) is 21.5. The highest BCUT2D eigenvalue weighted by atomic mass is 31.2. The number of carbonyl (C=O) groups excluding carboxylic acids is 1. The number of esters is 1. The van der Waals surface area contributed by atoms with Gasteiger partial charge in [0.15, 0.2) is 0 Å². The quantitative estimate of drug-likeness (QED) is 0.0286. The number of hydrogen-bond acceptors (Lipinski definition) is 5. The molecule has 0 aromatic rings. The fourth-order valence-corrected chi connectivity index (χ4v) is 5.78. The molecule has 2 N–H and O–H groups in total. The molecule has 0 aliphatic rings. The highest BCUT2D eigenvalue weighted by Crippen LogP contribution is 2.35. The van der Waals surface area contributed by atoms with Crippen LogP contribution in [0.2, 0.25) is 0 Å². The van der Waals surface area contributed by atoms with Gasteiger partial charge in [-0.2, -0.15) is 0 Å². The maximum atomic E-state index is 12.4. The summed E-state index contributed by atoms with van der Waals surface area (Å²) in [6, 6.07) is 0. The van der Waals surface area contributed by atoms with E-state index in [9.17, 15) is 9.36 Å². The van der Waals surface area contributed by atoms with E-state index in [4.69, 9.17) is 19.3 Å². The molecule has 0 unspecified atom stereocenters. The van der Waals surface area contributed by atoms with Crippen LogP contribution in [0.15, 0.2) is 48.6 Å². The number of carbonyl (C=O) groups is 1. The molecule has 0 aliphatic heterocycles. The van der Waals surface area contributed by atoms with Gasteiger partial charge < -0.3 is 19.3 Å². The molecule has 0 radical (unpaired) electrons. The Labute approximate surface area is 301 Å². The third-order valence-corrected chi connectivity index (χ3v) is 8.87. The minimum Gasteiger partial charge on any atom is -0.457 e. The molecule has 0 rings (SSSR count). The minimum absolute atomic E-state index is 0.0657. The van der Waals surface area contributed by atoms with E-state index in [1.165, 1.54) is 103 Å². The summed E-state index contributed by atoms with van der Waals surface area (Å²) in [6.45, 7) is 4.70. The summed E-state index contributed by atoms with van der Waals surface area (Å²) < 4.78 is 26.9. The Hall–Kier alpha value is -1.50. The van der Waals surface area contributed by atoms with Gasteiger partial charge in [-0.3, -0.25) is 9.32 Å². The molecule has 0 aromatic carbocycles. The minimum atomic E-state index is -4.66. The molecule has 49 heavy (non-hydrogen) atoms. The van der Waals surface area contributed by atoms with Crippen LogP contribution in [-0.4, -0.2) is 41.7 Å². The lowest BCUT2D eigenvalue weighted by molar-refractivity contribution is -0.154. The van der Waals surface area contributed by atoms with Gasteiger partial charge in [0, 0.05) is 13.0 Å². The Morgan fingerprint density at radius 2 is 0.959 bits per heavy atom. The lowest BCUT2D eigenvalue weighted by atomic mass is 10.0. The zero-order valence-corrected chi connectivity index (χ0v) is 32.5. The second-order valence-electron chi connectivity index (χ2n) is 13.3. The zero-order valence-electron chi connectivity index (χ0n) is 31.6. The van der Waals surface area contributed by atoms with Crippen molar-refractivity contribution in [3.8, 4) is 0 Å². The summed E-state index contributed by atoms with van der Waals surface area (Å²) >= 11 is 0. The number of unbranched alkanes of at least 4 members (excludes halogenated alkanes) is 19. The first-order valence-electron chi connectivity index (χ1n) is 20.0. The first kappa shape index (κ1) is 47.5. The van der Waals surface area contributed by atoms with Crippen LogP contribution in [0.5, 0.6) is 0 Å². The number of phosphoric ester groups is 1.